The van der Waals surface area contributed by atoms with Gasteiger partial charge in [0.15, 0.2) is 0 Å². The molecule has 0 bridgehead atoms. The number of hydrogen-bond acceptors (Lipinski definition) is 5. The molecule has 104 valence electrons. The number of carbonyl (C=O) groups excluding carboxylic acids is 1. The fourth-order valence-electron chi connectivity index (χ4n) is 1.61. The molecule has 0 amide bonds. The second-order valence-electron chi connectivity index (χ2n) is 3.84. The molecule has 1 aromatic heterocycles. The zero-order valence-corrected chi connectivity index (χ0v) is 11.1. The molecule has 2 rings (SSSR count). The number of methoxy groups -OCH3 is 1. The minimum absolute atomic E-state index is 0.0141. The molecular formula is C14H13FN2O3. The van der Waals surface area contributed by atoms with Gasteiger partial charge in [0.25, 0.3) is 0 Å². The van der Waals surface area contributed by atoms with Crippen LogP contribution in [0, 0.1) is 5.82 Å². The number of nitrogens with zero attached hydrogens (tertiary/aromatic N) is 2. The first-order chi connectivity index (χ1) is 9.65. The highest BCUT2D eigenvalue weighted by Crippen LogP contribution is 2.22. The van der Waals surface area contributed by atoms with Crippen molar-refractivity contribution in [2.45, 2.75) is 6.92 Å². The Hall–Kier alpha value is -2.50. The van der Waals surface area contributed by atoms with Gasteiger partial charge in [0.1, 0.15) is 5.82 Å². The maximum Gasteiger partial charge on any atom is 0.362 e. The Balaban J connectivity index is 2.43. The summed E-state index contributed by atoms with van der Waals surface area (Å²) in [6.07, 6.45) is 1.42. The van der Waals surface area contributed by atoms with Crippen LogP contribution in [0.5, 0.6) is 5.88 Å². The van der Waals surface area contributed by atoms with Gasteiger partial charge in [-0.1, -0.05) is 0 Å². The van der Waals surface area contributed by atoms with E-state index in [1.807, 2.05) is 0 Å². The first-order valence-electron chi connectivity index (χ1n) is 5.99. The maximum absolute atomic E-state index is 12.9. The van der Waals surface area contributed by atoms with Gasteiger partial charge in [-0.3, -0.25) is 0 Å². The molecule has 0 aliphatic heterocycles. The lowest BCUT2D eigenvalue weighted by atomic mass is 10.1. The van der Waals surface area contributed by atoms with E-state index in [-0.39, 0.29) is 17.4 Å². The molecule has 0 aliphatic rings. The van der Waals surface area contributed by atoms with Crippen molar-refractivity contribution in [2.75, 3.05) is 13.7 Å². The second kappa shape index (κ2) is 6.10. The Morgan fingerprint density at radius 3 is 2.60 bits per heavy atom. The van der Waals surface area contributed by atoms with Crippen LogP contribution >= 0.6 is 0 Å². The van der Waals surface area contributed by atoms with Crippen molar-refractivity contribution in [3.05, 3.63) is 42.0 Å². The summed E-state index contributed by atoms with van der Waals surface area (Å²) in [6, 6.07) is 5.80. The van der Waals surface area contributed by atoms with E-state index in [1.54, 1.807) is 19.1 Å². The molecule has 0 fully saturated rings. The SMILES string of the molecule is CCOc1nc(-c2ccc(F)cc2)cnc1C(=O)OC. The molecule has 0 saturated heterocycles. The summed E-state index contributed by atoms with van der Waals surface area (Å²) in [5.41, 5.74) is 1.18. The number of esters is 1. The first-order valence-corrected chi connectivity index (χ1v) is 5.99. The van der Waals surface area contributed by atoms with E-state index < -0.39 is 5.97 Å². The van der Waals surface area contributed by atoms with Crippen LogP contribution in [0.25, 0.3) is 11.3 Å². The van der Waals surface area contributed by atoms with Gasteiger partial charge in [-0.25, -0.2) is 19.2 Å². The van der Waals surface area contributed by atoms with Crippen molar-refractivity contribution >= 4 is 5.97 Å². The normalized spacial score (nSPS) is 10.2. The third-order valence-corrected chi connectivity index (χ3v) is 2.54. The van der Waals surface area contributed by atoms with E-state index >= 15 is 0 Å². The van der Waals surface area contributed by atoms with Crippen LogP contribution in [0.15, 0.2) is 30.5 Å². The summed E-state index contributed by atoms with van der Waals surface area (Å²) in [5, 5.41) is 0. The molecule has 20 heavy (non-hydrogen) atoms. The number of ether oxygens (including phenoxy) is 2. The van der Waals surface area contributed by atoms with Gasteiger partial charge in [0.2, 0.25) is 11.6 Å². The molecule has 6 heteroatoms. The Morgan fingerprint density at radius 1 is 1.30 bits per heavy atom. The van der Waals surface area contributed by atoms with E-state index in [2.05, 4.69) is 14.7 Å². The third kappa shape index (κ3) is 2.90. The van der Waals surface area contributed by atoms with Gasteiger partial charge in [-0.2, -0.15) is 0 Å². The number of hydrogen-bond donors (Lipinski definition) is 0. The van der Waals surface area contributed by atoms with Gasteiger partial charge >= 0.3 is 5.97 Å². The fourth-order valence-corrected chi connectivity index (χ4v) is 1.61. The molecule has 0 spiro atoms. The van der Waals surface area contributed by atoms with Gasteiger partial charge in [-0.15, -0.1) is 0 Å². The lowest BCUT2D eigenvalue weighted by Gasteiger charge is -2.08. The largest absolute Gasteiger partial charge is 0.476 e. The quantitative estimate of drug-likeness (QED) is 0.803. The monoisotopic (exact) mass is 276 g/mol. The van der Waals surface area contributed by atoms with Crippen LogP contribution in [-0.4, -0.2) is 29.7 Å². The number of rotatable bonds is 4. The molecule has 0 atom stereocenters. The topological polar surface area (TPSA) is 61.3 Å². The fraction of sp³-hybridized carbons (Fsp3) is 0.214. The molecular weight excluding hydrogens is 263 g/mol. The van der Waals surface area contributed by atoms with Crippen LogP contribution in [-0.2, 0) is 4.74 Å². The van der Waals surface area contributed by atoms with Crippen LogP contribution in [0.1, 0.15) is 17.4 Å². The molecule has 0 saturated carbocycles. The minimum Gasteiger partial charge on any atom is -0.476 e. The van der Waals surface area contributed by atoms with Crippen molar-refractivity contribution in [2.24, 2.45) is 0 Å². The van der Waals surface area contributed by atoms with Gasteiger partial charge in [-0.05, 0) is 31.2 Å². The summed E-state index contributed by atoms with van der Waals surface area (Å²) >= 11 is 0. The average Bonchev–Trinajstić information content (AvgIpc) is 2.47. The molecule has 5 nitrogen and oxygen atoms in total. The predicted molar refractivity (Wildman–Crippen MR) is 69.9 cm³/mol. The van der Waals surface area contributed by atoms with E-state index in [0.717, 1.165) is 0 Å². The highest BCUT2D eigenvalue weighted by Gasteiger charge is 2.17. The van der Waals surface area contributed by atoms with Crippen LogP contribution in [0.4, 0.5) is 4.39 Å². The summed E-state index contributed by atoms with van der Waals surface area (Å²) in [7, 11) is 1.26. The molecule has 0 unspecified atom stereocenters. The van der Waals surface area contributed by atoms with Crippen molar-refractivity contribution in [1.82, 2.24) is 9.97 Å². The molecule has 0 radical (unpaired) electrons. The highest BCUT2D eigenvalue weighted by molar-refractivity contribution is 5.89. The van der Waals surface area contributed by atoms with Gasteiger partial charge in [0, 0.05) is 5.56 Å². The van der Waals surface area contributed by atoms with E-state index in [0.29, 0.717) is 17.9 Å². The average molecular weight is 276 g/mol. The van der Waals surface area contributed by atoms with Crippen molar-refractivity contribution in [1.29, 1.82) is 0 Å². The van der Waals surface area contributed by atoms with E-state index in [4.69, 9.17) is 4.74 Å². The number of halogens is 1. The lowest BCUT2D eigenvalue weighted by Crippen LogP contribution is -2.10. The molecule has 2 aromatic rings. The molecule has 0 N–H and O–H groups in total. The van der Waals surface area contributed by atoms with E-state index in [1.165, 1.54) is 25.4 Å². The van der Waals surface area contributed by atoms with Gasteiger partial charge < -0.3 is 9.47 Å². The highest BCUT2D eigenvalue weighted by atomic mass is 19.1. The third-order valence-electron chi connectivity index (χ3n) is 2.54. The zero-order chi connectivity index (χ0) is 14.5. The van der Waals surface area contributed by atoms with Gasteiger partial charge in [0.05, 0.1) is 25.6 Å². The van der Waals surface area contributed by atoms with Crippen LogP contribution in [0.3, 0.4) is 0 Å². The van der Waals surface area contributed by atoms with Crippen molar-refractivity contribution in [3.63, 3.8) is 0 Å². The Labute approximate surface area is 115 Å². The Morgan fingerprint density at radius 2 is 2.00 bits per heavy atom. The van der Waals surface area contributed by atoms with Crippen molar-refractivity contribution < 1.29 is 18.7 Å². The molecule has 1 heterocycles. The first kappa shape index (κ1) is 13.9. The standard InChI is InChI=1S/C14H13FN2O3/c1-3-20-13-12(14(18)19-2)16-8-11(17-13)9-4-6-10(15)7-5-9/h4-8H,3H2,1-2H3. The van der Waals surface area contributed by atoms with E-state index in [9.17, 15) is 9.18 Å². The van der Waals surface area contributed by atoms with Crippen LogP contribution < -0.4 is 4.74 Å². The molecule has 0 aliphatic carbocycles. The van der Waals surface area contributed by atoms with Crippen molar-refractivity contribution in [3.8, 4) is 17.1 Å². The molecule has 1 aromatic carbocycles. The summed E-state index contributed by atoms with van der Waals surface area (Å²) in [6.45, 7) is 2.11. The summed E-state index contributed by atoms with van der Waals surface area (Å²) in [4.78, 5) is 19.8. The summed E-state index contributed by atoms with van der Waals surface area (Å²) < 4.78 is 22.8. The number of aromatic nitrogens is 2. The predicted octanol–water partition coefficient (Wildman–Crippen LogP) is 2.47. The summed E-state index contributed by atoms with van der Waals surface area (Å²) in [5.74, 6) is -0.856. The Bertz CT molecular complexity index is 614. The number of carbonyl (C=O) groups is 1. The Kier molecular flexibility index (Phi) is 4.24. The minimum atomic E-state index is -0.619. The van der Waals surface area contributed by atoms with Crippen LogP contribution in [0.2, 0.25) is 0 Å². The second-order valence-corrected chi connectivity index (χ2v) is 3.84. The number of benzene rings is 1. The smallest absolute Gasteiger partial charge is 0.362 e. The maximum atomic E-state index is 12.9. The zero-order valence-electron chi connectivity index (χ0n) is 11.1. The lowest BCUT2D eigenvalue weighted by molar-refractivity contribution is 0.0588.